The number of phosphoric acid groups is 1. The predicted molar refractivity (Wildman–Crippen MR) is 257 cm³/mol. The Morgan fingerprint density at radius 3 is 1.08 bits per heavy atom. The van der Waals surface area contributed by atoms with E-state index in [0.29, 0.717) is 12.8 Å². The van der Waals surface area contributed by atoms with E-state index in [9.17, 15) is 50.0 Å². The van der Waals surface area contributed by atoms with Crippen LogP contribution in [0.1, 0.15) is 251 Å². The van der Waals surface area contributed by atoms with Crippen molar-refractivity contribution in [1.82, 2.24) is 5.32 Å². The molecule has 10 atom stereocenters. The molecule has 0 radical (unpaired) electrons. The van der Waals surface area contributed by atoms with Crippen LogP contribution >= 0.6 is 7.82 Å². The van der Waals surface area contributed by atoms with Crippen molar-refractivity contribution in [3.05, 3.63) is 0 Å². The van der Waals surface area contributed by atoms with Crippen LogP contribution in [0.15, 0.2) is 0 Å². The number of nitrogens with one attached hydrogen (secondary N) is 1. The molecule has 13 nitrogen and oxygen atoms in total. The maximum atomic E-state index is 13.1. The molecule has 0 spiro atoms. The Labute approximate surface area is 389 Å². The first-order valence-corrected chi connectivity index (χ1v) is 28.1. The summed E-state index contributed by atoms with van der Waals surface area (Å²) in [7, 11) is -5.13. The SMILES string of the molecule is CCCCCCCCCCCCCCCCCCCCCCCC[C@H](O)C(=O)N[C@@H](COP(=O)(O)OC1[C@H](O)[C@H](O)C(O)[C@H](O)[C@H]1O)[C@H](O)CCCCCCCCCCCCCCC. The highest BCUT2D eigenvalue weighted by Crippen LogP contribution is 2.47. The Morgan fingerprint density at radius 1 is 0.469 bits per heavy atom. The van der Waals surface area contributed by atoms with Gasteiger partial charge in [-0.1, -0.05) is 239 Å². The Kier molecular flexibility index (Phi) is 38.5. The van der Waals surface area contributed by atoms with Crippen molar-refractivity contribution in [2.24, 2.45) is 0 Å². The van der Waals surface area contributed by atoms with Crippen molar-refractivity contribution < 1.29 is 59.0 Å². The molecule has 0 bridgehead atoms. The zero-order valence-electron chi connectivity index (χ0n) is 40.7. The van der Waals surface area contributed by atoms with Crippen molar-refractivity contribution >= 4 is 13.7 Å². The van der Waals surface area contributed by atoms with Crippen LogP contribution in [0.3, 0.4) is 0 Å². The number of carbonyl (C=O) groups excluding carboxylic acids is 1. The van der Waals surface area contributed by atoms with E-state index in [1.807, 2.05) is 0 Å². The fraction of sp³-hybridized carbons (Fsp3) is 0.980. The molecular formula is C50H100NO12P. The number of unbranched alkanes of at least 4 members (excludes halogenated alkanes) is 33. The van der Waals surface area contributed by atoms with Crippen LogP contribution in [-0.4, -0.2) is 108 Å². The molecule has 1 aliphatic carbocycles. The zero-order valence-corrected chi connectivity index (χ0v) is 41.6. The number of aliphatic hydroxyl groups is 7. The van der Waals surface area contributed by atoms with Crippen LogP contribution in [0.2, 0.25) is 0 Å². The zero-order chi connectivity index (χ0) is 47.3. The van der Waals surface area contributed by atoms with E-state index in [2.05, 4.69) is 19.2 Å². The van der Waals surface area contributed by atoms with E-state index < -0.39 is 75.2 Å². The van der Waals surface area contributed by atoms with Gasteiger partial charge < -0.3 is 46.0 Å². The monoisotopic (exact) mass is 938 g/mol. The van der Waals surface area contributed by atoms with E-state index in [-0.39, 0.29) is 12.8 Å². The third kappa shape index (κ3) is 30.6. The van der Waals surface area contributed by atoms with Crippen molar-refractivity contribution in [2.45, 2.75) is 306 Å². The van der Waals surface area contributed by atoms with Crippen LogP contribution < -0.4 is 5.32 Å². The average Bonchev–Trinajstić information content (AvgIpc) is 3.28. The summed E-state index contributed by atoms with van der Waals surface area (Å²) in [5.74, 6) is -0.742. The first-order chi connectivity index (χ1) is 30.9. The van der Waals surface area contributed by atoms with Gasteiger partial charge in [0, 0.05) is 0 Å². The Bertz CT molecular complexity index is 1110. The first-order valence-electron chi connectivity index (χ1n) is 26.6. The molecule has 0 aliphatic heterocycles. The van der Waals surface area contributed by atoms with Crippen molar-refractivity contribution in [2.75, 3.05) is 6.61 Å². The molecule has 0 heterocycles. The van der Waals surface area contributed by atoms with Crippen LogP contribution in [0.5, 0.6) is 0 Å². The molecule has 14 heteroatoms. The van der Waals surface area contributed by atoms with Crippen LogP contribution in [0.4, 0.5) is 0 Å². The largest absolute Gasteiger partial charge is 0.472 e. The summed E-state index contributed by atoms with van der Waals surface area (Å²) in [4.78, 5) is 23.6. The molecule has 1 rings (SSSR count). The van der Waals surface area contributed by atoms with E-state index in [1.165, 1.54) is 167 Å². The minimum Gasteiger partial charge on any atom is -0.391 e. The third-order valence-electron chi connectivity index (χ3n) is 13.3. The average molecular weight is 938 g/mol. The lowest BCUT2D eigenvalue weighted by Crippen LogP contribution is -2.64. The number of hydrogen-bond acceptors (Lipinski definition) is 11. The Balaban J connectivity index is 2.39. The molecule has 1 saturated carbocycles. The summed E-state index contributed by atoms with van der Waals surface area (Å²) in [6, 6.07) is -1.20. The van der Waals surface area contributed by atoms with E-state index in [0.717, 1.165) is 44.9 Å². The molecule has 382 valence electrons. The summed E-state index contributed by atoms with van der Waals surface area (Å²) in [6.07, 6.45) is 29.0. The third-order valence-corrected chi connectivity index (χ3v) is 14.3. The van der Waals surface area contributed by atoms with Gasteiger partial charge >= 0.3 is 7.82 Å². The molecular weight excluding hydrogens is 838 g/mol. The fourth-order valence-corrected chi connectivity index (χ4v) is 9.82. The van der Waals surface area contributed by atoms with Gasteiger partial charge in [0.2, 0.25) is 5.91 Å². The quantitative estimate of drug-likeness (QED) is 0.0205. The normalized spacial score (nSPS) is 22.6. The molecule has 1 fully saturated rings. The predicted octanol–water partition coefficient (Wildman–Crippen LogP) is 9.99. The molecule has 0 aromatic rings. The van der Waals surface area contributed by atoms with Crippen molar-refractivity contribution in [1.29, 1.82) is 0 Å². The lowest BCUT2D eigenvalue weighted by atomic mass is 9.85. The van der Waals surface area contributed by atoms with Crippen LogP contribution in [-0.2, 0) is 18.4 Å². The van der Waals surface area contributed by atoms with E-state index >= 15 is 0 Å². The summed E-state index contributed by atoms with van der Waals surface area (Å²) < 4.78 is 23.0. The Morgan fingerprint density at radius 2 is 0.750 bits per heavy atom. The molecule has 1 amide bonds. The van der Waals surface area contributed by atoms with Gasteiger partial charge in [0.05, 0.1) is 18.8 Å². The van der Waals surface area contributed by atoms with Gasteiger partial charge in [0.25, 0.3) is 0 Å². The van der Waals surface area contributed by atoms with Crippen molar-refractivity contribution in [3.8, 4) is 0 Å². The van der Waals surface area contributed by atoms with Gasteiger partial charge in [-0.05, 0) is 12.8 Å². The first kappa shape index (κ1) is 61.3. The number of rotatable bonds is 45. The number of hydrogen-bond donors (Lipinski definition) is 9. The second-order valence-electron chi connectivity index (χ2n) is 19.2. The highest BCUT2D eigenvalue weighted by Gasteiger charge is 2.51. The van der Waals surface area contributed by atoms with Gasteiger partial charge in [-0.2, -0.15) is 0 Å². The van der Waals surface area contributed by atoms with E-state index in [4.69, 9.17) is 9.05 Å². The van der Waals surface area contributed by atoms with Gasteiger partial charge in [-0.3, -0.25) is 13.8 Å². The second-order valence-corrected chi connectivity index (χ2v) is 20.6. The maximum Gasteiger partial charge on any atom is 0.472 e. The highest BCUT2D eigenvalue weighted by atomic mass is 31.2. The van der Waals surface area contributed by atoms with Gasteiger partial charge in [0.1, 0.15) is 42.7 Å². The number of amides is 1. The molecule has 1 aliphatic rings. The molecule has 0 aromatic heterocycles. The topological polar surface area (TPSA) is 226 Å². The van der Waals surface area contributed by atoms with Crippen LogP contribution in [0, 0.1) is 0 Å². The highest BCUT2D eigenvalue weighted by molar-refractivity contribution is 7.47. The Hall–Kier alpha value is -0.700. The summed E-state index contributed by atoms with van der Waals surface area (Å²) in [6.45, 7) is 3.78. The van der Waals surface area contributed by atoms with E-state index in [1.54, 1.807) is 0 Å². The molecule has 0 saturated heterocycles. The lowest BCUT2D eigenvalue weighted by Gasteiger charge is -2.41. The van der Waals surface area contributed by atoms with Crippen LogP contribution in [0.25, 0.3) is 0 Å². The molecule has 3 unspecified atom stereocenters. The smallest absolute Gasteiger partial charge is 0.391 e. The van der Waals surface area contributed by atoms with Crippen molar-refractivity contribution in [3.63, 3.8) is 0 Å². The lowest BCUT2D eigenvalue weighted by molar-refractivity contribution is -0.220. The maximum absolute atomic E-state index is 13.1. The standard InChI is InChI=1S/C50H100NO12P/c1-3-5-7-9-11-13-15-17-18-19-20-21-22-23-24-25-27-29-31-33-35-37-39-43(53)50(59)51-41(42(52)38-36-34-32-30-28-26-16-14-12-10-8-6-4-2)40-62-64(60,61)63-49-47(57)45(55)44(54)46(56)48(49)58/h41-49,52-58H,3-40H2,1-2H3,(H,51,59)(H,60,61)/t41-,42+,43-,44?,45-,46+,47+,48+,49?/m0/s1. The van der Waals surface area contributed by atoms with Gasteiger partial charge in [0.15, 0.2) is 0 Å². The molecule has 64 heavy (non-hydrogen) atoms. The summed E-state index contributed by atoms with van der Waals surface area (Å²) in [5, 5.41) is 74.8. The molecule has 9 N–H and O–H groups in total. The number of aliphatic hydroxyl groups excluding tert-OH is 7. The fourth-order valence-electron chi connectivity index (χ4n) is 8.86. The number of phosphoric ester groups is 1. The van der Waals surface area contributed by atoms with Gasteiger partial charge in [-0.25, -0.2) is 4.57 Å². The number of carbonyl (C=O) groups is 1. The second kappa shape index (κ2) is 40.2. The van der Waals surface area contributed by atoms with Gasteiger partial charge in [-0.15, -0.1) is 0 Å². The molecule has 0 aromatic carbocycles. The minimum absolute atomic E-state index is 0.225. The summed E-state index contributed by atoms with van der Waals surface area (Å²) in [5.41, 5.74) is 0. The summed E-state index contributed by atoms with van der Waals surface area (Å²) >= 11 is 0. The minimum atomic E-state index is -5.13.